The highest BCUT2D eigenvalue weighted by atomic mass is 32.2. The molecule has 0 aromatic heterocycles. The number of hydrogen-bond donors (Lipinski definition) is 1. The molecule has 1 aliphatic rings. The molecule has 1 fully saturated rings. The van der Waals surface area contributed by atoms with Crippen molar-refractivity contribution >= 4 is 27.5 Å². The molecule has 1 heterocycles. The second-order valence-corrected chi connectivity index (χ2v) is 9.12. The van der Waals surface area contributed by atoms with Crippen molar-refractivity contribution in [2.45, 2.75) is 11.8 Å². The number of nitrogens with zero attached hydrogens (tertiary/aromatic N) is 2. The summed E-state index contributed by atoms with van der Waals surface area (Å²) in [6, 6.07) is 9.85. The second-order valence-electron chi connectivity index (χ2n) is 7.22. The lowest BCUT2D eigenvalue weighted by atomic mass is 10.1. The summed E-state index contributed by atoms with van der Waals surface area (Å²) in [6.45, 7) is 2.52. The molecule has 0 unspecified atom stereocenters. The predicted molar refractivity (Wildman–Crippen MR) is 113 cm³/mol. The van der Waals surface area contributed by atoms with Crippen LogP contribution in [0, 0.1) is 12.7 Å². The SMILES string of the molecule is Cc1ccc(C(=O)N(C)CC(=O)Nc2cccc(F)c2)cc1S(=O)(=O)N1CCOCC1. The van der Waals surface area contributed by atoms with Gasteiger partial charge in [0.25, 0.3) is 5.91 Å². The van der Waals surface area contributed by atoms with Crippen molar-refractivity contribution in [1.82, 2.24) is 9.21 Å². The number of morpholine rings is 1. The van der Waals surface area contributed by atoms with E-state index >= 15 is 0 Å². The van der Waals surface area contributed by atoms with E-state index in [0.29, 0.717) is 18.8 Å². The standard InChI is InChI=1S/C21H24FN3O5S/c1-15-6-7-16(12-19(15)31(28,29)25-8-10-30-11-9-25)21(27)24(2)14-20(26)23-18-5-3-4-17(22)13-18/h3-7,12-13H,8-11,14H2,1-2H3,(H,23,26). The highest BCUT2D eigenvalue weighted by molar-refractivity contribution is 7.89. The summed E-state index contributed by atoms with van der Waals surface area (Å²) in [4.78, 5) is 26.3. The van der Waals surface area contributed by atoms with Gasteiger partial charge in [-0.2, -0.15) is 4.31 Å². The molecule has 166 valence electrons. The fourth-order valence-electron chi connectivity index (χ4n) is 3.21. The van der Waals surface area contributed by atoms with E-state index in [1.54, 1.807) is 13.0 Å². The Hall–Kier alpha value is -2.82. The molecule has 0 aliphatic carbocycles. The fourth-order valence-corrected chi connectivity index (χ4v) is 4.87. The Morgan fingerprint density at radius 1 is 1.16 bits per heavy atom. The lowest BCUT2D eigenvalue weighted by Crippen LogP contribution is -2.41. The maximum atomic E-state index is 13.3. The number of amides is 2. The molecule has 2 aromatic rings. The third-order valence-electron chi connectivity index (χ3n) is 4.86. The zero-order chi connectivity index (χ0) is 22.6. The predicted octanol–water partition coefficient (Wildman–Crippen LogP) is 1.87. The maximum absolute atomic E-state index is 13.3. The number of anilines is 1. The smallest absolute Gasteiger partial charge is 0.254 e. The van der Waals surface area contributed by atoms with Gasteiger partial charge in [0.2, 0.25) is 15.9 Å². The third-order valence-corrected chi connectivity index (χ3v) is 6.90. The molecule has 1 saturated heterocycles. The molecule has 1 N–H and O–H groups in total. The van der Waals surface area contributed by atoms with Crippen LogP contribution in [0.1, 0.15) is 15.9 Å². The number of ether oxygens (including phenoxy) is 1. The van der Waals surface area contributed by atoms with Gasteiger partial charge in [0.05, 0.1) is 24.7 Å². The molecule has 0 spiro atoms. The van der Waals surface area contributed by atoms with Gasteiger partial charge in [0.1, 0.15) is 5.82 Å². The Morgan fingerprint density at radius 3 is 2.55 bits per heavy atom. The largest absolute Gasteiger partial charge is 0.379 e. The minimum Gasteiger partial charge on any atom is -0.379 e. The molecule has 1 aliphatic heterocycles. The quantitative estimate of drug-likeness (QED) is 0.726. The van der Waals surface area contributed by atoms with Crippen LogP contribution in [0.25, 0.3) is 0 Å². The van der Waals surface area contributed by atoms with Gasteiger partial charge in [-0.1, -0.05) is 12.1 Å². The van der Waals surface area contributed by atoms with Crippen molar-refractivity contribution in [2.75, 3.05) is 45.2 Å². The van der Waals surface area contributed by atoms with Crippen LogP contribution >= 0.6 is 0 Å². The monoisotopic (exact) mass is 449 g/mol. The Labute approximate surface area is 180 Å². The summed E-state index contributed by atoms with van der Waals surface area (Å²) >= 11 is 0. The first-order valence-electron chi connectivity index (χ1n) is 9.68. The number of sulfonamides is 1. The number of benzene rings is 2. The fraction of sp³-hybridized carbons (Fsp3) is 0.333. The summed E-state index contributed by atoms with van der Waals surface area (Å²) < 4.78 is 45.8. The van der Waals surface area contributed by atoms with Crippen molar-refractivity contribution in [3.8, 4) is 0 Å². The van der Waals surface area contributed by atoms with E-state index in [1.165, 1.54) is 52.7 Å². The van der Waals surface area contributed by atoms with Crippen LogP contribution in [0.3, 0.4) is 0 Å². The Kier molecular flexibility index (Phi) is 7.04. The van der Waals surface area contributed by atoms with Crippen LogP contribution in [-0.4, -0.2) is 69.3 Å². The molecule has 2 aromatic carbocycles. The van der Waals surface area contributed by atoms with Crippen molar-refractivity contribution in [3.63, 3.8) is 0 Å². The van der Waals surface area contributed by atoms with Crippen LogP contribution in [0.4, 0.5) is 10.1 Å². The molecule has 0 radical (unpaired) electrons. The molecule has 2 amide bonds. The molecular formula is C21H24FN3O5S. The van der Waals surface area contributed by atoms with E-state index in [-0.39, 0.29) is 35.8 Å². The zero-order valence-electron chi connectivity index (χ0n) is 17.3. The van der Waals surface area contributed by atoms with Crippen molar-refractivity contribution in [2.24, 2.45) is 0 Å². The summed E-state index contributed by atoms with van der Waals surface area (Å²) in [5.41, 5.74) is 0.952. The summed E-state index contributed by atoms with van der Waals surface area (Å²) in [5.74, 6) is -1.50. The highest BCUT2D eigenvalue weighted by Gasteiger charge is 2.29. The average molecular weight is 450 g/mol. The first-order chi connectivity index (χ1) is 14.7. The van der Waals surface area contributed by atoms with E-state index in [2.05, 4.69) is 5.32 Å². The van der Waals surface area contributed by atoms with Crippen molar-refractivity contribution in [3.05, 3.63) is 59.4 Å². The number of carbonyl (C=O) groups is 2. The van der Waals surface area contributed by atoms with Crippen LogP contribution in [0.5, 0.6) is 0 Å². The summed E-state index contributed by atoms with van der Waals surface area (Å²) in [5, 5.41) is 2.52. The zero-order valence-corrected chi connectivity index (χ0v) is 18.1. The van der Waals surface area contributed by atoms with E-state index < -0.39 is 27.7 Å². The lowest BCUT2D eigenvalue weighted by Gasteiger charge is -2.27. The third kappa shape index (κ3) is 5.46. The Balaban J connectivity index is 1.73. The number of rotatable bonds is 6. The van der Waals surface area contributed by atoms with Crippen molar-refractivity contribution in [1.29, 1.82) is 0 Å². The number of likely N-dealkylation sites (N-methyl/N-ethyl adjacent to an activating group) is 1. The minimum absolute atomic E-state index is 0.0536. The molecule has 0 atom stereocenters. The minimum atomic E-state index is -3.77. The lowest BCUT2D eigenvalue weighted by molar-refractivity contribution is -0.116. The average Bonchev–Trinajstić information content (AvgIpc) is 2.74. The molecule has 8 nitrogen and oxygen atoms in total. The Bertz CT molecular complexity index is 1080. The maximum Gasteiger partial charge on any atom is 0.254 e. The first-order valence-corrected chi connectivity index (χ1v) is 11.1. The van der Waals surface area contributed by atoms with Gasteiger partial charge in [-0.15, -0.1) is 0 Å². The number of halogens is 1. The number of aryl methyl sites for hydroxylation is 1. The van der Waals surface area contributed by atoms with Gasteiger partial charge in [0.15, 0.2) is 0 Å². The molecule has 31 heavy (non-hydrogen) atoms. The van der Waals surface area contributed by atoms with Gasteiger partial charge >= 0.3 is 0 Å². The van der Waals surface area contributed by atoms with Gasteiger partial charge < -0.3 is 15.0 Å². The highest BCUT2D eigenvalue weighted by Crippen LogP contribution is 2.23. The van der Waals surface area contributed by atoms with Gasteiger partial charge in [-0.3, -0.25) is 9.59 Å². The molecule has 0 saturated carbocycles. The number of nitrogens with one attached hydrogen (secondary N) is 1. The summed E-state index contributed by atoms with van der Waals surface area (Å²) in [6.07, 6.45) is 0. The number of hydrogen-bond acceptors (Lipinski definition) is 5. The second kappa shape index (κ2) is 9.54. The molecule has 10 heteroatoms. The van der Waals surface area contributed by atoms with Crippen LogP contribution in [0.2, 0.25) is 0 Å². The van der Waals surface area contributed by atoms with Gasteiger partial charge in [-0.05, 0) is 42.8 Å². The van der Waals surface area contributed by atoms with E-state index in [0.717, 1.165) is 0 Å². The van der Waals surface area contributed by atoms with Gasteiger partial charge in [0, 0.05) is 31.4 Å². The van der Waals surface area contributed by atoms with Crippen LogP contribution in [0.15, 0.2) is 47.4 Å². The van der Waals surface area contributed by atoms with E-state index in [9.17, 15) is 22.4 Å². The normalized spacial score (nSPS) is 14.8. The van der Waals surface area contributed by atoms with Crippen molar-refractivity contribution < 1.29 is 27.1 Å². The molecular weight excluding hydrogens is 425 g/mol. The Morgan fingerprint density at radius 2 is 1.87 bits per heavy atom. The topological polar surface area (TPSA) is 96.0 Å². The van der Waals surface area contributed by atoms with E-state index in [1.807, 2.05) is 0 Å². The van der Waals surface area contributed by atoms with Crippen LogP contribution < -0.4 is 5.32 Å². The van der Waals surface area contributed by atoms with Crippen LogP contribution in [-0.2, 0) is 19.6 Å². The summed E-state index contributed by atoms with van der Waals surface area (Å²) in [7, 11) is -2.34. The number of carbonyl (C=O) groups excluding carboxylic acids is 2. The first kappa shape index (κ1) is 22.9. The van der Waals surface area contributed by atoms with Gasteiger partial charge in [-0.25, -0.2) is 12.8 Å². The molecule has 0 bridgehead atoms. The molecule has 3 rings (SSSR count). The van der Waals surface area contributed by atoms with E-state index in [4.69, 9.17) is 4.74 Å².